The summed E-state index contributed by atoms with van der Waals surface area (Å²) >= 11 is 5.95. The second kappa shape index (κ2) is 6.50. The first-order valence-corrected chi connectivity index (χ1v) is 7.17. The Kier molecular flexibility index (Phi) is 4.25. The van der Waals surface area contributed by atoms with Gasteiger partial charge in [-0.1, -0.05) is 29.8 Å². The molecule has 0 fully saturated rings. The molecule has 6 nitrogen and oxygen atoms in total. The average molecular weight is 329 g/mol. The van der Waals surface area contributed by atoms with E-state index < -0.39 is 5.91 Å². The highest BCUT2D eigenvalue weighted by Gasteiger charge is 2.15. The molecule has 0 aliphatic carbocycles. The van der Waals surface area contributed by atoms with E-state index in [9.17, 15) is 4.79 Å². The Hall–Kier alpha value is -2.86. The van der Waals surface area contributed by atoms with Crippen molar-refractivity contribution in [2.45, 2.75) is 0 Å². The highest BCUT2D eigenvalue weighted by atomic mass is 35.5. The fraction of sp³-hybridized carbons (Fsp3) is 0.0625. The number of para-hydroxylation sites is 1. The molecule has 1 N–H and O–H groups in total. The summed E-state index contributed by atoms with van der Waals surface area (Å²) in [5, 5.41) is 7.36. The Morgan fingerprint density at radius 3 is 2.74 bits per heavy atom. The van der Waals surface area contributed by atoms with E-state index in [1.165, 1.54) is 18.1 Å². The van der Waals surface area contributed by atoms with Gasteiger partial charge in [0.05, 0.1) is 18.5 Å². The van der Waals surface area contributed by atoms with E-state index >= 15 is 0 Å². The Labute approximate surface area is 137 Å². The van der Waals surface area contributed by atoms with Crippen LogP contribution in [0.2, 0.25) is 5.02 Å². The lowest BCUT2D eigenvalue weighted by Gasteiger charge is -2.09. The molecule has 116 valence electrons. The SMILES string of the molecule is COc1ccc(Cl)cc1NC(=O)c1ncn(-c2ccccc2)n1. The molecule has 23 heavy (non-hydrogen) atoms. The van der Waals surface area contributed by atoms with E-state index in [0.29, 0.717) is 16.5 Å². The van der Waals surface area contributed by atoms with Crippen molar-refractivity contribution in [1.82, 2.24) is 14.8 Å². The summed E-state index contributed by atoms with van der Waals surface area (Å²) < 4.78 is 6.72. The van der Waals surface area contributed by atoms with Crippen molar-refractivity contribution in [3.8, 4) is 11.4 Å². The van der Waals surface area contributed by atoms with Crippen molar-refractivity contribution in [2.75, 3.05) is 12.4 Å². The van der Waals surface area contributed by atoms with Gasteiger partial charge in [0.2, 0.25) is 5.82 Å². The van der Waals surface area contributed by atoms with Gasteiger partial charge in [-0.15, -0.1) is 5.10 Å². The molecular weight excluding hydrogens is 316 g/mol. The van der Waals surface area contributed by atoms with Crippen molar-refractivity contribution >= 4 is 23.2 Å². The minimum Gasteiger partial charge on any atom is -0.495 e. The second-order valence-corrected chi connectivity index (χ2v) is 5.08. The van der Waals surface area contributed by atoms with E-state index in [0.717, 1.165) is 5.69 Å². The van der Waals surface area contributed by atoms with Gasteiger partial charge in [0, 0.05) is 5.02 Å². The van der Waals surface area contributed by atoms with Crippen molar-refractivity contribution in [3.63, 3.8) is 0 Å². The van der Waals surface area contributed by atoms with Crippen molar-refractivity contribution in [1.29, 1.82) is 0 Å². The summed E-state index contributed by atoms with van der Waals surface area (Å²) in [4.78, 5) is 16.3. The van der Waals surface area contributed by atoms with Gasteiger partial charge in [-0.3, -0.25) is 4.79 Å². The highest BCUT2D eigenvalue weighted by Crippen LogP contribution is 2.27. The van der Waals surface area contributed by atoms with Crippen LogP contribution in [0.5, 0.6) is 5.75 Å². The molecule has 0 radical (unpaired) electrons. The lowest BCUT2D eigenvalue weighted by molar-refractivity contribution is 0.101. The maximum Gasteiger partial charge on any atom is 0.295 e. The topological polar surface area (TPSA) is 69.0 Å². The van der Waals surface area contributed by atoms with Crippen LogP contribution < -0.4 is 10.1 Å². The van der Waals surface area contributed by atoms with Gasteiger partial charge < -0.3 is 10.1 Å². The van der Waals surface area contributed by atoms with Crippen LogP contribution in [0.4, 0.5) is 5.69 Å². The van der Waals surface area contributed by atoms with Crippen LogP contribution in [0, 0.1) is 0 Å². The molecule has 0 saturated carbocycles. The highest BCUT2D eigenvalue weighted by molar-refractivity contribution is 6.31. The summed E-state index contributed by atoms with van der Waals surface area (Å²) in [5.74, 6) is 0.112. The molecule has 0 aliphatic heterocycles. The first-order valence-electron chi connectivity index (χ1n) is 6.79. The number of ether oxygens (including phenoxy) is 1. The minimum absolute atomic E-state index is 0.0517. The molecule has 3 rings (SSSR count). The van der Waals surface area contributed by atoms with Crippen LogP contribution in [-0.4, -0.2) is 27.8 Å². The number of carbonyl (C=O) groups excluding carboxylic acids is 1. The Bertz CT molecular complexity index is 833. The number of rotatable bonds is 4. The molecule has 0 bridgehead atoms. The van der Waals surface area contributed by atoms with Crippen LogP contribution in [0.25, 0.3) is 5.69 Å². The number of methoxy groups -OCH3 is 1. The summed E-state index contributed by atoms with van der Waals surface area (Å²) in [6.45, 7) is 0. The number of aromatic nitrogens is 3. The van der Waals surface area contributed by atoms with E-state index in [-0.39, 0.29) is 5.82 Å². The van der Waals surface area contributed by atoms with E-state index in [4.69, 9.17) is 16.3 Å². The van der Waals surface area contributed by atoms with Crippen LogP contribution in [0.1, 0.15) is 10.6 Å². The van der Waals surface area contributed by atoms with E-state index in [1.54, 1.807) is 18.2 Å². The van der Waals surface area contributed by atoms with Crippen LogP contribution in [0.3, 0.4) is 0 Å². The monoisotopic (exact) mass is 328 g/mol. The standard InChI is InChI=1S/C16H13ClN4O2/c1-23-14-8-7-11(17)9-13(14)19-16(22)15-18-10-21(20-15)12-5-3-2-4-6-12/h2-10H,1H3,(H,19,22). The lowest BCUT2D eigenvalue weighted by Crippen LogP contribution is -2.15. The quantitative estimate of drug-likeness (QED) is 0.798. The smallest absolute Gasteiger partial charge is 0.295 e. The molecule has 7 heteroatoms. The molecule has 1 aromatic heterocycles. The van der Waals surface area contributed by atoms with Crippen LogP contribution >= 0.6 is 11.6 Å². The number of anilines is 1. The fourth-order valence-electron chi connectivity index (χ4n) is 2.03. The number of hydrogen-bond acceptors (Lipinski definition) is 4. The zero-order valence-electron chi connectivity index (χ0n) is 12.2. The zero-order valence-corrected chi connectivity index (χ0v) is 13.0. The zero-order chi connectivity index (χ0) is 16.2. The maximum atomic E-state index is 12.3. The Morgan fingerprint density at radius 2 is 2.00 bits per heavy atom. The molecule has 0 spiro atoms. The first-order chi connectivity index (χ1) is 11.2. The molecule has 3 aromatic rings. The normalized spacial score (nSPS) is 10.3. The number of amides is 1. The number of carbonyl (C=O) groups is 1. The molecule has 0 atom stereocenters. The van der Waals surface area contributed by atoms with Crippen LogP contribution in [-0.2, 0) is 0 Å². The van der Waals surface area contributed by atoms with Crippen molar-refractivity contribution in [3.05, 3.63) is 65.7 Å². The van der Waals surface area contributed by atoms with Gasteiger partial charge in [0.1, 0.15) is 12.1 Å². The van der Waals surface area contributed by atoms with Gasteiger partial charge in [0.25, 0.3) is 5.91 Å². The largest absolute Gasteiger partial charge is 0.495 e. The van der Waals surface area contributed by atoms with Gasteiger partial charge in [-0.25, -0.2) is 9.67 Å². The van der Waals surface area contributed by atoms with Gasteiger partial charge in [0.15, 0.2) is 0 Å². The van der Waals surface area contributed by atoms with Gasteiger partial charge >= 0.3 is 0 Å². The number of benzene rings is 2. The van der Waals surface area contributed by atoms with E-state index in [1.807, 2.05) is 30.3 Å². The predicted octanol–water partition coefficient (Wildman–Crippen LogP) is 3.18. The van der Waals surface area contributed by atoms with Crippen molar-refractivity contribution in [2.24, 2.45) is 0 Å². The molecule has 1 amide bonds. The number of halogens is 1. The van der Waals surface area contributed by atoms with Gasteiger partial charge in [-0.2, -0.15) is 0 Å². The maximum absolute atomic E-state index is 12.3. The third kappa shape index (κ3) is 3.32. The summed E-state index contributed by atoms with van der Waals surface area (Å²) in [6.07, 6.45) is 1.49. The fourth-order valence-corrected chi connectivity index (χ4v) is 2.20. The summed E-state index contributed by atoms with van der Waals surface area (Å²) in [5.41, 5.74) is 1.28. The van der Waals surface area contributed by atoms with Gasteiger partial charge in [-0.05, 0) is 30.3 Å². The molecule has 0 saturated heterocycles. The number of nitrogens with zero attached hydrogens (tertiary/aromatic N) is 3. The minimum atomic E-state index is -0.444. The third-order valence-electron chi connectivity index (χ3n) is 3.13. The Morgan fingerprint density at radius 1 is 1.22 bits per heavy atom. The van der Waals surface area contributed by atoms with Crippen LogP contribution in [0.15, 0.2) is 54.9 Å². The van der Waals surface area contributed by atoms with Crippen molar-refractivity contribution < 1.29 is 9.53 Å². The summed E-state index contributed by atoms with van der Waals surface area (Å²) in [7, 11) is 1.52. The van der Waals surface area contributed by atoms with E-state index in [2.05, 4.69) is 15.4 Å². The average Bonchev–Trinajstić information content (AvgIpc) is 3.06. The number of hydrogen-bond donors (Lipinski definition) is 1. The second-order valence-electron chi connectivity index (χ2n) is 4.65. The lowest BCUT2D eigenvalue weighted by atomic mass is 10.3. The summed E-state index contributed by atoms with van der Waals surface area (Å²) in [6, 6.07) is 14.4. The first kappa shape index (κ1) is 15.1. The molecular formula is C16H13ClN4O2. The Balaban J connectivity index is 1.82. The molecule has 2 aromatic carbocycles. The molecule has 0 unspecified atom stereocenters. The third-order valence-corrected chi connectivity index (χ3v) is 3.36. The molecule has 0 aliphatic rings. The molecule has 1 heterocycles. The number of nitrogens with one attached hydrogen (secondary N) is 1. The predicted molar refractivity (Wildman–Crippen MR) is 87.3 cm³/mol.